The minimum atomic E-state index is -4.68. The normalized spacial score (nSPS) is 13.0. The third kappa shape index (κ3) is 5.63. The van der Waals surface area contributed by atoms with Crippen LogP contribution in [0.1, 0.15) is 46.6 Å². The van der Waals surface area contributed by atoms with E-state index in [9.17, 15) is 26.4 Å². The van der Waals surface area contributed by atoms with Crippen molar-refractivity contribution in [3.63, 3.8) is 0 Å². The number of methoxy groups -OCH3 is 1. The van der Waals surface area contributed by atoms with Crippen LogP contribution >= 0.6 is 0 Å². The molecule has 0 aliphatic heterocycles. The summed E-state index contributed by atoms with van der Waals surface area (Å²) in [6.45, 7) is 1.75. The molecule has 1 heterocycles. The highest BCUT2D eigenvalue weighted by molar-refractivity contribution is 7.89. The lowest BCUT2D eigenvalue weighted by atomic mass is 10.0. The zero-order valence-electron chi connectivity index (χ0n) is 18.5. The van der Waals surface area contributed by atoms with Gasteiger partial charge in [0, 0.05) is 12.7 Å². The van der Waals surface area contributed by atoms with Crippen molar-refractivity contribution in [2.45, 2.75) is 37.0 Å². The molecule has 180 valence electrons. The quantitative estimate of drug-likeness (QED) is 0.403. The Kier molecular flexibility index (Phi) is 7.73. The number of pyridine rings is 1. The van der Waals surface area contributed by atoms with E-state index in [0.717, 1.165) is 17.8 Å². The second kappa shape index (κ2) is 10.4. The van der Waals surface area contributed by atoms with E-state index in [-0.39, 0.29) is 11.4 Å². The van der Waals surface area contributed by atoms with Crippen molar-refractivity contribution < 1.29 is 31.1 Å². The number of esters is 1. The zero-order chi connectivity index (χ0) is 24.9. The van der Waals surface area contributed by atoms with Gasteiger partial charge in [-0.3, -0.25) is 4.98 Å². The van der Waals surface area contributed by atoms with Gasteiger partial charge >= 0.3 is 12.1 Å². The summed E-state index contributed by atoms with van der Waals surface area (Å²) in [6, 6.07) is 16.2. The predicted octanol–water partition coefficient (Wildman–Crippen LogP) is 5.23. The van der Waals surface area contributed by atoms with Crippen molar-refractivity contribution in [1.29, 1.82) is 0 Å². The molecule has 0 aliphatic rings. The van der Waals surface area contributed by atoms with Gasteiger partial charge in [0.2, 0.25) is 10.0 Å². The molecule has 3 aromatic rings. The number of rotatable bonds is 8. The second-order valence-electron chi connectivity index (χ2n) is 7.45. The molecule has 0 aliphatic carbocycles. The van der Waals surface area contributed by atoms with Crippen LogP contribution in [-0.2, 0) is 27.5 Å². The Morgan fingerprint density at radius 2 is 1.68 bits per heavy atom. The third-order valence-corrected chi connectivity index (χ3v) is 7.10. The smallest absolute Gasteiger partial charge is 0.433 e. The minimum Gasteiger partial charge on any atom is -0.465 e. The molecule has 0 amide bonds. The maximum Gasteiger partial charge on any atom is 0.433 e. The Hall–Kier alpha value is -3.24. The van der Waals surface area contributed by atoms with Crippen LogP contribution in [0.5, 0.6) is 0 Å². The van der Waals surface area contributed by atoms with E-state index in [1.165, 1.54) is 23.5 Å². The van der Waals surface area contributed by atoms with Crippen LogP contribution in [0.25, 0.3) is 0 Å². The average molecular weight is 493 g/mol. The number of hydrogen-bond donors (Lipinski definition) is 0. The van der Waals surface area contributed by atoms with Crippen LogP contribution in [0.4, 0.5) is 13.2 Å². The summed E-state index contributed by atoms with van der Waals surface area (Å²) in [4.78, 5) is 14.7. The van der Waals surface area contributed by atoms with Crippen molar-refractivity contribution in [3.05, 3.63) is 95.3 Å². The molecule has 2 aromatic carbocycles. The average Bonchev–Trinajstić information content (AvgIpc) is 2.84. The summed E-state index contributed by atoms with van der Waals surface area (Å²) >= 11 is 0. The van der Waals surface area contributed by atoms with Crippen LogP contribution in [0, 0.1) is 0 Å². The molecule has 34 heavy (non-hydrogen) atoms. The molecule has 1 atom stereocenters. The van der Waals surface area contributed by atoms with E-state index < -0.39 is 33.9 Å². The van der Waals surface area contributed by atoms with E-state index in [1.54, 1.807) is 42.5 Å². The van der Waals surface area contributed by atoms with Crippen molar-refractivity contribution in [2.75, 3.05) is 7.11 Å². The molecular formula is C24H23F3N2O4S. The maximum absolute atomic E-state index is 13.6. The van der Waals surface area contributed by atoms with E-state index in [0.29, 0.717) is 23.6 Å². The van der Waals surface area contributed by atoms with Crippen LogP contribution in [0.15, 0.2) is 77.8 Å². The van der Waals surface area contributed by atoms with E-state index in [2.05, 4.69) is 9.72 Å². The van der Waals surface area contributed by atoms with Crippen molar-refractivity contribution in [1.82, 2.24) is 9.29 Å². The van der Waals surface area contributed by atoms with E-state index in [1.807, 2.05) is 6.92 Å². The number of nitrogens with zero attached hydrogens (tertiary/aromatic N) is 2. The number of halogens is 3. The fourth-order valence-electron chi connectivity index (χ4n) is 3.52. The molecule has 0 spiro atoms. The Balaban J connectivity index is 2.04. The van der Waals surface area contributed by atoms with Gasteiger partial charge in [-0.2, -0.15) is 17.5 Å². The molecule has 3 rings (SSSR count). The monoisotopic (exact) mass is 492 g/mol. The largest absolute Gasteiger partial charge is 0.465 e. The van der Waals surface area contributed by atoms with Crippen LogP contribution < -0.4 is 0 Å². The van der Waals surface area contributed by atoms with Gasteiger partial charge < -0.3 is 4.74 Å². The summed E-state index contributed by atoms with van der Waals surface area (Å²) in [5.41, 5.74) is 0.458. The number of aromatic nitrogens is 1. The van der Waals surface area contributed by atoms with E-state index >= 15 is 0 Å². The Bertz CT molecular complexity index is 1210. The Morgan fingerprint density at radius 1 is 1.03 bits per heavy atom. The van der Waals surface area contributed by atoms with Crippen LogP contribution in [0.3, 0.4) is 0 Å². The first-order valence-corrected chi connectivity index (χ1v) is 11.8. The summed E-state index contributed by atoms with van der Waals surface area (Å²) in [5, 5.41) is 0. The lowest BCUT2D eigenvalue weighted by Gasteiger charge is -2.31. The number of ether oxygens (including phenoxy) is 1. The molecule has 0 N–H and O–H groups in total. The van der Waals surface area contributed by atoms with Crippen LogP contribution in [0.2, 0.25) is 0 Å². The molecule has 0 saturated heterocycles. The van der Waals surface area contributed by atoms with Crippen LogP contribution in [-0.4, -0.2) is 30.8 Å². The molecule has 0 radical (unpaired) electrons. The fourth-order valence-corrected chi connectivity index (χ4v) is 5.15. The predicted molar refractivity (Wildman–Crippen MR) is 119 cm³/mol. The number of sulfonamides is 1. The lowest BCUT2D eigenvalue weighted by molar-refractivity contribution is -0.141. The number of hydrogen-bond acceptors (Lipinski definition) is 5. The van der Waals surface area contributed by atoms with Gasteiger partial charge in [-0.05, 0) is 41.8 Å². The summed E-state index contributed by atoms with van der Waals surface area (Å²) in [6.07, 6.45) is -3.54. The highest BCUT2D eigenvalue weighted by atomic mass is 32.2. The summed E-state index contributed by atoms with van der Waals surface area (Å²) in [7, 11) is -2.98. The standard InChI is InChI=1S/C24H23F3N2O4S/c1-3-21(18-7-5-4-6-8-18)29(16-17-9-11-19(12-10-17)23(30)33-2)34(31,32)20-13-14-22(28-15-20)24(25,26)27/h4-15,21H,3,16H2,1-2H3. The molecular weight excluding hydrogens is 469 g/mol. The number of benzene rings is 2. The minimum absolute atomic E-state index is 0.0712. The third-order valence-electron chi connectivity index (χ3n) is 5.27. The van der Waals surface area contributed by atoms with Gasteiger partial charge in [0.15, 0.2) is 0 Å². The lowest BCUT2D eigenvalue weighted by Crippen LogP contribution is -2.34. The highest BCUT2D eigenvalue weighted by Crippen LogP contribution is 2.33. The fraction of sp³-hybridized carbons (Fsp3) is 0.250. The molecule has 10 heteroatoms. The van der Waals surface area contributed by atoms with Gasteiger partial charge in [0.25, 0.3) is 0 Å². The number of carbonyl (C=O) groups is 1. The second-order valence-corrected chi connectivity index (χ2v) is 9.34. The first-order chi connectivity index (χ1) is 16.1. The molecule has 1 unspecified atom stereocenters. The van der Waals surface area contributed by atoms with Gasteiger partial charge in [-0.15, -0.1) is 0 Å². The first kappa shape index (κ1) is 25.4. The molecule has 0 saturated carbocycles. The topological polar surface area (TPSA) is 76.6 Å². The number of alkyl halides is 3. The zero-order valence-corrected chi connectivity index (χ0v) is 19.3. The van der Waals surface area contributed by atoms with Gasteiger partial charge in [-0.1, -0.05) is 49.4 Å². The SMILES string of the molecule is CCC(c1ccccc1)N(Cc1ccc(C(=O)OC)cc1)S(=O)(=O)c1ccc(C(F)(F)F)nc1. The first-order valence-electron chi connectivity index (χ1n) is 10.3. The van der Waals surface area contributed by atoms with Crippen molar-refractivity contribution in [3.8, 4) is 0 Å². The molecule has 0 fully saturated rings. The van der Waals surface area contributed by atoms with Gasteiger partial charge in [0.05, 0.1) is 18.7 Å². The maximum atomic E-state index is 13.6. The summed E-state index contributed by atoms with van der Waals surface area (Å²) in [5.74, 6) is -0.525. The summed E-state index contributed by atoms with van der Waals surface area (Å²) < 4.78 is 71.9. The van der Waals surface area contributed by atoms with E-state index in [4.69, 9.17) is 0 Å². The Morgan fingerprint density at radius 3 is 2.18 bits per heavy atom. The highest BCUT2D eigenvalue weighted by Gasteiger charge is 2.35. The van der Waals surface area contributed by atoms with Gasteiger partial charge in [0.1, 0.15) is 10.6 Å². The van der Waals surface area contributed by atoms with Crippen molar-refractivity contribution >= 4 is 16.0 Å². The van der Waals surface area contributed by atoms with Crippen molar-refractivity contribution in [2.24, 2.45) is 0 Å². The van der Waals surface area contributed by atoms with Gasteiger partial charge in [-0.25, -0.2) is 13.2 Å². The Labute approximate surface area is 196 Å². The number of carbonyl (C=O) groups excluding carboxylic acids is 1. The molecule has 1 aromatic heterocycles. The molecule has 0 bridgehead atoms. The molecule has 6 nitrogen and oxygen atoms in total.